The second kappa shape index (κ2) is 12.2. The molecule has 5 aromatic rings. The molecule has 5 rings (SSSR count). The highest BCUT2D eigenvalue weighted by atomic mass is 32.2. The Hall–Kier alpha value is -4.63. The van der Waals surface area contributed by atoms with Gasteiger partial charge in [-0.2, -0.15) is 19.0 Å². The summed E-state index contributed by atoms with van der Waals surface area (Å²) in [7, 11) is 0.706. The number of nitrogens with two attached hydrogens (primary N) is 1. The summed E-state index contributed by atoms with van der Waals surface area (Å²) in [6.07, 6.45) is 4.60. The molecule has 0 spiro atoms. The number of hydrogen-bond acceptors (Lipinski definition) is 8. The maximum Gasteiger partial charge on any atom is 0.355 e. The molecule has 3 aromatic heterocycles. The Morgan fingerprint density at radius 2 is 1.82 bits per heavy atom. The molecule has 0 saturated carbocycles. The van der Waals surface area contributed by atoms with Crippen LogP contribution in [0.5, 0.6) is 5.75 Å². The number of halogens is 3. The van der Waals surface area contributed by atoms with Gasteiger partial charge in [-0.25, -0.2) is 17.8 Å². The molecule has 232 valence electrons. The van der Waals surface area contributed by atoms with Gasteiger partial charge in [-0.15, -0.1) is 0 Å². The summed E-state index contributed by atoms with van der Waals surface area (Å²) in [5, 5.41) is 9.70. The lowest BCUT2D eigenvalue weighted by Gasteiger charge is -2.19. The number of alkyl halides is 2. The summed E-state index contributed by atoms with van der Waals surface area (Å²) in [6.45, 7) is 3.16. The van der Waals surface area contributed by atoms with Crippen LogP contribution in [0, 0.1) is 5.82 Å². The number of likely N-dealkylation sites (N-methyl/N-ethyl adjacent to an activating group) is 1. The fourth-order valence-corrected chi connectivity index (χ4v) is 5.28. The summed E-state index contributed by atoms with van der Waals surface area (Å²) in [6, 6.07) is 9.84. The predicted molar refractivity (Wildman–Crippen MR) is 162 cm³/mol. The molecule has 1 atom stereocenters. The van der Waals surface area contributed by atoms with Gasteiger partial charge in [-0.05, 0) is 50.8 Å². The van der Waals surface area contributed by atoms with Gasteiger partial charge in [0.15, 0.2) is 0 Å². The number of ether oxygens (including phenoxy) is 1. The Labute approximate surface area is 252 Å². The van der Waals surface area contributed by atoms with Crippen LogP contribution in [0.25, 0.3) is 33.3 Å². The molecule has 0 unspecified atom stereocenters. The fourth-order valence-electron chi connectivity index (χ4n) is 4.72. The number of fused-ring (bicyclic) bond motifs is 1. The van der Waals surface area contributed by atoms with E-state index in [1.807, 2.05) is 29.7 Å². The lowest BCUT2D eigenvalue weighted by atomic mass is 10.0. The number of nitrogens with one attached hydrogen (secondary N) is 1. The summed E-state index contributed by atoms with van der Waals surface area (Å²) in [5.41, 5.74) is 9.85. The summed E-state index contributed by atoms with van der Waals surface area (Å²) in [5.74, 6) is -3.95. The molecule has 15 heteroatoms. The van der Waals surface area contributed by atoms with E-state index in [9.17, 15) is 21.6 Å². The first-order valence-corrected chi connectivity index (χ1v) is 15.0. The van der Waals surface area contributed by atoms with E-state index in [4.69, 9.17) is 15.6 Å². The molecule has 3 heterocycles. The van der Waals surface area contributed by atoms with Crippen molar-refractivity contribution in [2.45, 2.75) is 25.3 Å². The number of rotatable bonds is 11. The number of benzene rings is 2. The molecule has 0 radical (unpaired) electrons. The van der Waals surface area contributed by atoms with Crippen LogP contribution >= 0.6 is 0 Å². The second-order valence-corrected chi connectivity index (χ2v) is 12.1. The van der Waals surface area contributed by atoms with Crippen molar-refractivity contribution in [2.75, 3.05) is 31.1 Å². The van der Waals surface area contributed by atoms with Crippen LogP contribution in [0.1, 0.15) is 18.6 Å². The zero-order valence-electron chi connectivity index (χ0n) is 24.4. The number of anilines is 2. The van der Waals surface area contributed by atoms with E-state index in [1.165, 1.54) is 42.5 Å². The van der Waals surface area contributed by atoms with E-state index in [0.717, 1.165) is 17.7 Å². The van der Waals surface area contributed by atoms with Crippen molar-refractivity contribution in [3.05, 3.63) is 72.4 Å². The fraction of sp³-hybridized carbons (Fsp3) is 0.276. The van der Waals surface area contributed by atoms with Crippen LogP contribution in [0.15, 0.2) is 61.1 Å². The largest absolute Gasteiger partial charge is 0.484 e. The van der Waals surface area contributed by atoms with Crippen molar-refractivity contribution < 1.29 is 26.3 Å². The molecule has 3 N–H and O–H groups in total. The van der Waals surface area contributed by atoms with E-state index in [1.54, 1.807) is 31.0 Å². The van der Waals surface area contributed by atoms with Gasteiger partial charge in [0, 0.05) is 42.7 Å². The highest BCUT2D eigenvalue weighted by Crippen LogP contribution is 2.40. The van der Waals surface area contributed by atoms with Gasteiger partial charge in [0.2, 0.25) is 0 Å². The van der Waals surface area contributed by atoms with Gasteiger partial charge >= 0.3 is 5.76 Å². The normalized spacial score (nSPS) is 12.8. The molecule has 0 aliphatic heterocycles. The molecule has 11 nitrogen and oxygen atoms in total. The zero-order chi connectivity index (χ0) is 31.8. The SMILES string of the molecule is C[C@H](Oc1cc(-c2nn(C)c3c(-c4cnn(CCN(C)C)c4)cnc(N)c23)ccc1NS(=O)(=O)C(F)F)c1ccc(F)cc1. The average Bonchev–Trinajstić information content (AvgIpc) is 3.58. The van der Waals surface area contributed by atoms with E-state index < -0.39 is 27.7 Å². The standard InChI is InChI=1S/C29H31F3N8O3S/c1-17(18-5-8-21(30)9-6-18)43-24-13-19(7-10-23(24)37-44(41,42)29(31)32)26-25-27(39(4)36-26)22(15-34-28(25)33)20-14-35-40(16-20)12-11-38(2)3/h5-10,13-17,29,37H,11-12H2,1-4H3,(H2,33,34)/t17-/m0/s1. The molecular weight excluding hydrogens is 597 g/mol. The second-order valence-electron chi connectivity index (χ2n) is 10.5. The summed E-state index contributed by atoms with van der Waals surface area (Å²) >= 11 is 0. The molecule has 0 aliphatic carbocycles. The minimum absolute atomic E-state index is 0.0489. The van der Waals surface area contributed by atoms with Gasteiger partial charge in [-0.1, -0.05) is 18.2 Å². The third kappa shape index (κ3) is 6.33. The highest BCUT2D eigenvalue weighted by Gasteiger charge is 2.27. The van der Waals surface area contributed by atoms with Crippen LogP contribution in [0.2, 0.25) is 0 Å². The third-order valence-electron chi connectivity index (χ3n) is 7.00. The topological polar surface area (TPSA) is 133 Å². The number of nitrogen functional groups attached to an aromatic ring is 1. The van der Waals surface area contributed by atoms with E-state index in [2.05, 4.69) is 15.0 Å². The van der Waals surface area contributed by atoms with Gasteiger partial charge in [0.1, 0.15) is 29.2 Å². The Morgan fingerprint density at radius 3 is 2.50 bits per heavy atom. The summed E-state index contributed by atoms with van der Waals surface area (Å²) in [4.78, 5) is 6.47. The number of nitrogens with zero attached hydrogens (tertiary/aromatic N) is 6. The van der Waals surface area contributed by atoms with Crippen molar-refractivity contribution in [3.63, 3.8) is 0 Å². The lowest BCUT2D eigenvalue weighted by molar-refractivity contribution is 0.228. The van der Waals surface area contributed by atoms with Crippen LogP contribution in [-0.4, -0.2) is 64.3 Å². The number of aryl methyl sites for hydroxylation is 1. The van der Waals surface area contributed by atoms with Gasteiger partial charge < -0.3 is 15.4 Å². The minimum atomic E-state index is -5.01. The number of hydrogen-bond donors (Lipinski definition) is 2. The monoisotopic (exact) mass is 628 g/mol. The van der Waals surface area contributed by atoms with Crippen molar-refractivity contribution >= 4 is 32.4 Å². The summed E-state index contributed by atoms with van der Waals surface area (Å²) < 4.78 is 75.6. The molecule has 44 heavy (non-hydrogen) atoms. The van der Waals surface area contributed by atoms with Crippen LogP contribution < -0.4 is 15.2 Å². The Bertz CT molecular complexity index is 1910. The van der Waals surface area contributed by atoms with Crippen LogP contribution in [0.4, 0.5) is 24.7 Å². The number of pyridine rings is 1. The molecular formula is C29H31F3N8O3S. The molecule has 0 fully saturated rings. The average molecular weight is 629 g/mol. The van der Waals surface area contributed by atoms with Crippen molar-refractivity contribution in [1.82, 2.24) is 29.4 Å². The molecule has 0 aliphatic rings. The van der Waals surface area contributed by atoms with E-state index in [-0.39, 0.29) is 17.3 Å². The van der Waals surface area contributed by atoms with Crippen molar-refractivity contribution in [2.24, 2.45) is 7.05 Å². The molecule has 0 amide bonds. The molecule has 2 aromatic carbocycles. The van der Waals surface area contributed by atoms with Crippen molar-refractivity contribution in [1.29, 1.82) is 0 Å². The maximum atomic E-state index is 13.5. The number of aromatic nitrogens is 5. The van der Waals surface area contributed by atoms with E-state index in [0.29, 0.717) is 34.3 Å². The Morgan fingerprint density at radius 1 is 1.09 bits per heavy atom. The van der Waals surface area contributed by atoms with Crippen molar-refractivity contribution in [3.8, 4) is 28.1 Å². The molecule has 0 bridgehead atoms. The highest BCUT2D eigenvalue weighted by molar-refractivity contribution is 7.93. The van der Waals surface area contributed by atoms with Crippen LogP contribution in [0.3, 0.4) is 0 Å². The first-order valence-electron chi connectivity index (χ1n) is 13.5. The predicted octanol–water partition coefficient (Wildman–Crippen LogP) is 4.89. The maximum absolute atomic E-state index is 13.5. The van der Waals surface area contributed by atoms with E-state index >= 15 is 0 Å². The lowest BCUT2D eigenvalue weighted by Crippen LogP contribution is -2.21. The minimum Gasteiger partial charge on any atom is -0.484 e. The number of sulfonamides is 1. The zero-order valence-corrected chi connectivity index (χ0v) is 25.2. The van der Waals surface area contributed by atoms with Gasteiger partial charge in [-0.3, -0.25) is 14.1 Å². The molecule has 0 saturated heterocycles. The van der Waals surface area contributed by atoms with Gasteiger partial charge in [0.05, 0.1) is 29.3 Å². The van der Waals surface area contributed by atoms with Gasteiger partial charge in [0.25, 0.3) is 10.0 Å². The quantitative estimate of drug-likeness (QED) is 0.211. The third-order valence-corrected chi connectivity index (χ3v) is 7.97. The first-order chi connectivity index (χ1) is 20.8. The Balaban J connectivity index is 1.59. The smallest absolute Gasteiger partial charge is 0.355 e. The van der Waals surface area contributed by atoms with Crippen LogP contribution in [-0.2, 0) is 23.6 Å². The first kappa shape index (κ1) is 30.8. The Kier molecular flexibility index (Phi) is 8.52.